The Bertz CT molecular complexity index is 914. The first-order chi connectivity index (χ1) is 13.4. The molecule has 1 fully saturated rings. The van der Waals surface area contributed by atoms with Crippen molar-refractivity contribution in [2.75, 3.05) is 18.4 Å². The third-order valence-corrected chi connectivity index (χ3v) is 6.82. The predicted octanol–water partition coefficient (Wildman–Crippen LogP) is 3.88. The lowest BCUT2D eigenvalue weighted by atomic mass is 10.00. The first-order valence-corrected chi connectivity index (χ1v) is 11.4. The number of aromatic nitrogens is 1. The maximum Gasteiger partial charge on any atom is 0.413 e. The predicted molar refractivity (Wildman–Crippen MR) is 114 cm³/mol. The SMILES string of the molecule is CC(C)S(=O)(=O)N1CCCC(C#Cc2c(Cl)ccnc2NC(=O)OC(C)(C)C)C1. The van der Waals surface area contributed by atoms with E-state index in [9.17, 15) is 13.2 Å². The Morgan fingerprint density at radius 1 is 1.41 bits per heavy atom. The highest BCUT2D eigenvalue weighted by Crippen LogP contribution is 2.24. The van der Waals surface area contributed by atoms with Gasteiger partial charge in [0.1, 0.15) is 5.60 Å². The topological polar surface area (TPSA) is 88.6 Å². The second kappa shape index (κ2) is 9.33. The normalized spacial score (nSPS) is 18.1. The van der Waals surface area contributed by atoms with E-state index in [-0.39, 0.29) is 11.7 Å². The number of hydrogen-bond donors (Lipinski definition) is 1. The smallest absolute Gasteiger partial charge is 0.413 e. The summed E-state index contributed by atoms with van der Waals surface area (Å²) >= 11 is 6.27. The largest absolute Gasteiger partial charge is 0.444 e. The van der Waals surface area contributed by atoms with Crippen LogP contribution < -0.4 is 5.32 Å². The zero-order chi connectivity index (χ0) is 21.8. The summed E-state index contributed by atoms with van der Waals surface area (Å²) in [5, 5.41) is 2.46. The van der Waals surface area contributed by atoms with E-state index in [1.807, 2.05) is 0 Å². The van der Waals surface area contributed by atoms with Crippen molar-refractivity contribution in [3.8, 4) is 11.8 Å². The summed E-state index contributed by atoms with van der Waals surface area (Å²) in [7, 11) is -3.31. The number of nitrogens with zero attached hydrogens (tertiary/aromatic N) is 2. The van der Waals surface area contributed by atoms with Crippen molar-refractivity contribution in [3.05, 3.63) is 22.8 Å². The second-order valence-corrected chi connectivity index (χ2v) is 11.1. The summed E-state index contributed by atoms with van der Waals surface area (Å²) in [6.07, 6.45) is 2.36. The van der Waals surface area contributed by atoms with Gasteiger partial charge in [-0.3, -0.25) is 5.32 Å². The minimum Gasteiger partial charge on any atom is -0.444 e. The van der Waals surface area contributed by atoms with Gasteiger partial charge in [0.25, 0.3) is 0 Å². The Morgan fingerprint density at radius 3 is 2.72 bits per heavy atom. The van der Waals surface area contributed by atoms with Crippen molar-refractivity contribution in [2.24, 2.45) is 5.92 Å². The zero-order valence-corrected chi connectivity index (χ0v) is 19.0. The van der Waals surface area contributed by atoms with E-state index in [1.165, 1.54) is 10.5 Å². The molecular formula is C20H28ClN3O4S. The zero-order valence-electron chi connectivity index (χ0n) is 17.5. The van der Waals surface area contributed by atoms with Crippen molar-refractivity contribution in [1.29, 1.82) is 0 Å². The Hall–Kier alpha value is -1.82. The monoisotopic (exact) mass is 441 g/mol. The lowest BCUT2D eigenvalue weighted by Gasteiger charge is -2.30. The molecule has 2 heterocycles. The summed E-state index contributed by atoms with van der Waals surface area (Å²) in [5.74, 6) is 6.18. The molecule has 0 aromatic carbocycles. The van der Waals surface area contributed by atoms with E-state index in [1.54, 1.807) is 40.7 Å². The molecule has 0 spiro atoms. The number of anilines is 1. The number of sulfonamides is 1. The Labute approximate surface area is 178 Å². The molecule has 1 aromatic heterocycles. The molecule has 0 aliphatic carbocycles. The molecule has 0 bridgehead atoms. The molecular weight excluding hydrogens is 414 g/mol. The van der Waals surface area contributed by atoms with Crippen LogP contribution in [0.2, 0.25) is 5.02 Å². The molecule has 0 radical (unpaired) electrons. The molecule has 1 unspecified atom stereocenters. The van der Waals surface area contributed by atoms with E-state index >= 15 is 0 Å². The molecule has 1 aromatic rings. The van der Waals surface area contributed by atoms with Crippen LogP contribution in [0.3, 0.4) is 0 Å². The molecule has 2 rings (SSSR count). The van der Waals surface area contributed by atoms with Gasteiger partial charge in [0.15, 0.2) is 5.82 Å². The number of carbonyl (C=O) groups is 1. The van der Waals surface area contributed by atoms with Crippen molar-refractivity contribution < 1.29 is 17.9 Å². The summed E-state index contributed by atoms with van der Waals surface area (Å²) < 4.78 is 31.6. The first-order valence-electron chi connectivity index (χ1n) is 9.55. The van der Waals surface area contributed by atoms with Gasteiger partial charge in [-0.05, 0) is 53.5 Å². The van der Waals surface area contributed by atoms with Gasteiger partial charge in [-0.15, -0.1) is 0 Å². The van der Waals surface area contributed by atoms with Gasteiger partial charge in [0, 0.05) is 25.2 Å². The maximum atomic E-state index is 12.4. The van der Waals surface area contributed by atoms with Crippen LogP contribution >= 0.6 is 11.6 Å². The average molecular weight is 442 g/mol. The van der Waals surface area contributed by atoms with Gasteiger partial charge >= 0.3 is 6.09 Å². The molecule has 0 saturated carbocycles. The quantitative estimate of drug-likeness (QED) is 0.719. The third-order valence-electron chi connectivity index (χ3n) is 4.26. The average Bonchev–Trinajstić information content (AvgIpc) is 2.59. The van der Waals surface area contributed by atoms with Gasteiger partial charge in [-0.25, -0.2) is 22.5 Å². The van der Waals surface area contributed by atoms with Crippen LogP contribution in [0.25, 0.3) is 0 Å². The van der Waals surface area contributed by atoms with Gasteiger partial charge in [0.05, 0.1) is 15.8 Å². The van der Waals surface area contributed by atoms with Crippen LogP contribution in [-0.4, -0.2) is 47.7 Å². The van der Waals surface area contributed by atoms with Crippen molar-refractivity contribution in [1.82, 2.24) is 9.29 Å². The number of hydrogen-bond acceptors (Lipinski definition) is 5. The minimum atomic E-state index is -3.31. The fraction of sp³-hybridized carbons (Fsp3) is 0.600. The lowest BCUT2D eigenvalue weighted by molar-refractivity contribution is 0.0635. The molecule has 1 saturated heterocycles. The Morgan fingerprint density at radius 2 is 2.10 bits per heavy atom. The fourth-order valence-corrected chi connectivity index (χ4v) is 4.38. The molecule has 1 aliphatic heterocycles. The highest BCUT2D eigenvalue weighted by molar-refractivity contribution is 7.89. The fourth-order valence-electron chi connectivity index (χ4n) is 2.82. The third kappa shape index (κ3) is 6.59. The summed E-state index contributed by atoms with van der Waals surface area (Å²) in [4.78, 5) is 16.2. The summed E-state index contributed by atoms with van der Waals surface area (Å²) in [6.45, 7) is 9.50. The van der Waals surface area contributed by atoms with Crippen LogP contribution in [0.4, 0.5) is 10.6 Å². The molecule has 1 atom stereocenters. The first kappa shape index (κ1) is 23.5. The number of ether oxygens (including phenoxy) is 1. The number of pyridine rings is 1. The van der Waals surface area contributed by atoms with Crippen LogP contribution in [-0.2, 0) is 14.8 Å². The van der Waals surface area contributed by atoms with Crippen LogP contribution in [0.15, 0.2) is 12.3 Å². The van der Waals surface area contributed by atoms with Crippen LogP contribution in [0.1, 0.15) is 53.0 Å². The number of amides is 1. The number of carbonyl (C=O) groups excluding carboxylic acids is 1. The van der Waals surface area contributed by atoms with Crippen LogP contribution in [0.5, 0.6) is 0 Å². The molecule has 29 heavy (non-hydrogen) atoms. The molecule has 7 nitrogen and oxygen atoms in total. The summed E-state index contributed by atoms with van der Waals surface area (Å²) in [6, 6.07) is 1.59. The summed E-state index contributed by atoms with van der Waals surface area (Å²) in [5.41, 5.74) is -0.272. The van der Waals surface area contributed by atoms with E-state index in [0.717, 1.165) is 12.8 Å². The van der Waals surface area contributed by atoms with E-state index < -0.39 is 27.0 Å². The van der Waals surface area contributed by atoms with E-state index in [0.29, 0.717) is 23.7 Å². The van der Waals surface area contributed by atoms with Gasteiger partial charge in [0.2, 0.25) is 10.0 Å². The molecule has 160 valence electrons. The molecule has 1 amide bonds. The van der Waals surface area contributed by atoms with Gasteiger partial charge in [-0.1, -0.05) is 23.4 Å². The molecule has 1 aliphatic rings. The Kier molecular flexibility index (Phi) is 7.55. The molecule has 9 heteroatoms. The number of rotatable bonds is 3. The number of halogens is 1. The second-order valence-electron chi connectivity index (χ2n) is 8.20. The maximum absolute atomic E-state index is 12.4. The lowest BCUT2D eigenvalue weighted by Crippen LogP contribution is -2.42. The minimum absolute atomic E-state index is 0.122. The standard InChI is InChI=1S/C20H28ClN3O4S/c1-14(2)29(26,27)24-12-6-7-15(13-24)8-9-16-17(21)10-11-22-18(16)23-19(25)28-20(3,4)5/h10-11,14-15H,6-7,12-13H2,1-5H3,(H,22,23,25). The van der Waals surface area contributed by atoms with Crippen molar-refractivity contribution in [2.45, 2.75) is 58.3 Å². The highest BCUT2D eigenvalue weighted by Gasteiger charge is 2.30. The van der Waals surface area contributed by atoms with E-state index in [2.05, 4.69) is 22.1 Å². The van der Waals surface area contributed by atoms with Gasteiger partial charge in [-0.2, -0.15) is 0 Å². The highest BCUT2D eigenvalue weighted by atomic mass is 35.5. The Balaban J connectivity index is 2.21. The number of piperidine rings is 1. The molecule has 1 N–H and O–H groups in total. The van der Waals surface area contributed by atoms with Gasteiger partial charge < -0.3 is 4.74 Å². The number of nitrogens with one attached hydrogen (secondary N) is 1. The van der Waals surface area contributed by atoms with E-state index in [4.69, 9.17) is 16.3 Å². The van der Waals surface area contributed by atoms with Crippen molar-refractivity contribution in [3.63, 3.8) is 0 Å². The van der Waals surface area contributed by atoms with Crippen molar-refractivity contribution >= 4 is 33.5 Å². The van der Waals surface area contributed by atoms with Crippen LogP contribution in [0, 0.1) is 17.8 Å².